The number of amides is 1. The van der Waals surface area contributed by atoms with Gasteiger partial charge in [-0.2, -0.15) is 4.98 Å². The summed E-state index contributed by atoms with van der Waals surface area (Å²) >= 11 is 0. The van der Waals surface area contributed by atoms with Crippen molar-refractivity contribution in [3.05, 3.63) is 77.5 Å². The van der Waals surface area contributed by atoms with Gasteiger partial charge in [-0.3, -0.25) is 15.2 Å². The van der Waals surface area contributed by atoms with Gasteiger partial charge in [-0.05, 0) is 53.3 Å². The molecular weight excluding hydrogens is 345 g/mol. The zero-order chi connectivity index (χ0) is 18.6. The molecule has 0 bridgehead atoms. The molecule has 0 aliphatic carbocycles. The van der Waals surface area contributed by atoms with E-state index >= 15 is 0 Å². The predicted molar refractivity (Wildman–Crippen MR) is 101 cm³/mol. The number of carbonyl (C=O) groups is 1. The molecular formula is C20H18FN5O. The number of nitrogens with one attached hydrogen (secondary N) is 3. The van der Waals surface area contributed by atoms with Crippen LogP contribution < -0.4 is 5.32 Å². The van der Waals surface area contributed by atoms with Gasteiger partial charge in [0.05, 0.1) is 0 Å². The average molecular weight is 363 g/mol. The highest BCUT2D eigenvalue weighted by molar-refractivity contribution is 5.89. The zero-order valence-electron chi connectivity index (χ0n) is 14.5. The molecule has 0 spiro atoms. The molecule has 27 heavy (non-hydrogen) atoms. The van der Waals surface area contributed by atoms with Crippen molar-refractivity contribution in [2.45, 2.75) is 19.3 Å². The molecule has 136 valence electrons. The highest BCUT2D eigenvalue weighted by atomic mass is 19.1. The molecule has 7 heteroatoms. The van der Waals surface area contributed by atoms with Crippen molar-refractivity contribution in [3.63, 3.8) is 0 Å². The Hall–Kier alpha value is -3.48. The molecule has 3 N–H and O–H groups in total. The lowest BCUT2D eigenvalue weighted by Crippen LogP contribution is -2.13. The lowest BCUT2D eigenvalue weighted by molar-refractivity contribution is -0.116. The molecule has 2 aromatic heterocycles. The minimum Gasteiger partial charge on any atom is -0.361 e. The fourth-order valence-corrected chi connectivity index (χ4v) is 2.97. The van der Waals surface area contributed by atoms with Crippen molar-refractivity contribution < 1.29 is 9.18 Å². The number of H-pyrrole nitrogens is 2. The van der Waals surface area contributed by atoms with Crippen LogP contribution in [0.25, 0.3) is 10.9 Å². The molecule has 6 nitrogen and oxygen atoms in total. The summed E-state index contributed by atoms with van der Waals surface area (Å²) in [6.45, 7) is 0. The first-order valence-electron chi connectivity index (χ1n) is 8.67. The van der Waals surface area contributed by atoms with Crippen LogP contribution in [-0.2, 0) is 17.6 Å². The van der Waals surface area contributed by atoms with Gasteiger partial charge in [0, 0.05) is 24.6 Å². The molecule has 4 rings (SSSR count). The number of aromatic amines is 2. The van der Waals surface area contributed by atoms with E-state index in [-0.39, 0.29) is 17.7 Å². The summed E-state index contributed by atoms with van der Waals surface area (Å²) in [5.74, 6) is 0.347. The van der Waals surface area contributed by atoms with E-state index in [1.807, 2.05) is 30.5 Å². The number of anilines is 1. The molecule has 0 fully saturated rings. The molecule has 0 atom stereocenters. The summed E-state index contributed by atoms with van der Waals surface area (Å²) in [6, 6.07) is 14.4. The molecule has 0 saturated carbocycles. The third kappa shape index (κ3) is 4.20. The lowest BCUT2D eigenvalue weighted by atomic mass is 10.1. The monoisotopic (exact) mass is 363 g/mol. The topological polar surface area (TPSA) is 86.5 Å². The van der Waals surface area contributed by atoms with Gasteiger partial charge in [0.25, 0.3) is 0 Å². The van der Waals surface area contributed by atoms with Gasteiger partial charge in [-0.15, -0.1) is 5.10 Å². The van der Waals surface area contributed by atoms with Crippen molar-refractivity contribution in [2.24, 2.45) is 0 Å². The number of benzene rings is 2. The summed E-state index contributed by atoms with van der Waals surface area (Å²) in [5.41, 5.74) is 2.96. The summed E-state index contributed by atoms with van der Waals surface area (Å²) in [6.07, 6.45) is 3.28. The first-order chi connectivity index (χ1) is 13.2. The molecule has 0 aliphatic rings. The minimum absolute atomic E-state index is 0.152. The van der Waals surface area contributed by atoms with Gasteiger partial charge in [-0.25, -0.2) is 4.39 Å². The Kier molecular flexibility index (Phi) is 4.65. The summed E-state index contributed by atoms with van der Waals surface area (Å²) < 4.78 is 13.2. The van der Waals surface area contributed by atoms with Crippen LogP contribution in [0.3, 0.4) is 0 Å². The van der Waals surface area contributed by atoms with Gasteiger partial charge in [0.15, 0.2) is 0 Å². The number of halogens is 1. The van der Waals surface area contributed by atoms with Gasteiger partial charge >= 0.3 is 0 Å². The largest absolute Gasteiger partial charge is 0.361 e. The van der Waals surface area contributed by atoms with Gasteiger partial charge in [0.1, 0.15) is 11.6 Å². The van der Waals surface area contributed by atoms with E-state index in [9.17, 15) is 9.18 Å². The van der Waals surface area contributed by atoms with E-state index < -0.39 is 0 Å². The Bertz CT molecular complexity index is 1080. The van der Waals surface area contributed by atoms with Crippen molar-refractivity contribution in [1.29, 1.82) is 0 Å². The van der Waals surface area contributed by atoms with E-state index in [1.54, 1.807) is 6.07 Å². The molecule has 1 amide bonds. The molecule has 2 heterocycles. The SMILES string of the molecule is O=C(CCc1ccc2[nH]ccc2c1)Nc1n[nH]c(Cc2cccc(F)c2)n1. The maximum atomic E-state index is 13.2. The number of nitrogens with zero attached hydrogens (tertiary/aromatic N) is 2. The minimum atomic E-state index is -0.293. The maximum absolute atomic E-state index is 13.2. The Balaban J connectivity index is 1.32. The average Bonchev–Trinajstić information content (AvgIpc) is 3.29. The Labute approximate surface area is 154 Å². The number of aryl methyl sites for hydroxylation is 1. The Morgan fingerprint density at radius 1 is 1.11 bits per heavy atom. The van der Waals surface area contributed by atoms with E-state index in [2.05, 4.69) is 31.5 Å². The molecule has 0 saturated heterocycles. The van der Waals surface area contributed by atoms with E-state index in [4.69, 9.17) is 0 Å². The van der Waals surface area contributed by atoms with Crippen LogP contribution in [0.5, 0.6) is 0 Å². The van der Waals surface area contributed by atoms with E-state index in [0.29, 0.717) is 25.1 Å². The highest BCUT2D eigenvalue weighted by Gasteiger charge is 2.09. The smallest absolute Gasteiger partial charge is 0.248 e. The fourth-order valence-electron chi connectivity index (χ4n) is 2.97. The Morgan fingerprint density at radius 2 is 2.04 bits per heavy atom. The van der Waals surface area contributed by atoms with E-state index in [0.717, 1.165) is 22.0 Å². The number of hydrogen-bond donors (Lipinski definition) is 3. The van der Waals surface area contributed by atoms with Crippen molar-refractivity contribution in [2.75, 3.05) is 5.32 Å². The van der Waals surface area contributed by atoms with Crippen LogP contribution in [0.15, 0.2) is 54.7 Å². The second kappa shape index (κ2) is 7.41. The molecule has 0 aliphatic heterocycles. The molecule has 2 aromatic carbocycles. The number of hydrogen-bond acceptors (Lipinski definition) is 3. The number of carbonyl (C=O) groups excluding carboxylic acids is 1. The van der Waals surface area contributed by atoms with Crippen LogP contribution >= 0.6 is 0 Å². The molecule has 4 aromatic rings. The molecule has 0 radical (unpaired) electrons. The highest BCUT2D eigenvalue weighted by Crippen LogP contribution is 2.16. The quantitative estimate of drug-likeness (QED) is 0.489. The van der Waals surface area contributed by atoms with Crippen molar-refractivity contribution in [1.82, 2.24) is 20.2 Å². The van der Waals surface area contributed by atoms with Crippen molar-refractivity contribution in [3.8, 4) is 0 Å². The fraction of sp³-hybridized carbons (Fsp3) is 0.150. The summed E-state index contributed by atoms with van der Waals surface area (Å²) in [4.78, 5) is 19.5. The summed E-state index contributed by atoms with van der Waals surface area (Å²) in [5, 5.41) is 10.6. The van der Waals surface area contributed by atoms with Crippen LogP contribution in [0, 0.1) is 5.82 Å². The second-order valence-corrected chi connectivity index (χ2v) is 6.36. The standard InChI is InChI=1S/C20H18FN5O/c21-16-3-1-2-14(11-16)12-18-23-20(26-25-18)24-19(27)7-5-13-4-6-17-15(10-13)8-9-22-17/h1-4,6,8-11,22H,5,7,12H2,(H2,23,24,25,26,27). The van der Waals surface area contributed by atoms with Gasteiger partial charge in [0.2, 0.25) is 11.9 Å². The maximum Gasteiger partial charge on any atom is 0.248 e. The lowest BCUT2D eigenvalue weighted by Gasteiger charge is -2.02. The zero-order valence-corrected chi connectivity index (χ0v) is 14.5. The number of aromatic nitrogens is 4. The molecule has 0 unspecified atom stereocenters. The van der Waals surface area contributed by atoms with Crippen LogP contribution in [0.2, 0.25) is 0 Å². The Morgan fingerprint density at radius 3 is 2.93 bits per heavy atom. The number of rotatable bonds is 6. The second-order valence-electron chi connectivity index (χ2n) is 6.36. The van der Waals surface area contributed by atoms with E-state index in [1.165, 1.54) is 12.1 Å². The third-order valence-corrected chi connectivity index (χ3v) is 4.30. The third-order valence-electron chi connectivity index (χ3n) is 4.30. The first kappa shape index (κ1) is 17.0. The number of fused-ring (bicyclic) bond motifs is 1. The van der Waals surface area contributed by atoms with Gasteiger partial charge < -0.3 is 4.98 Å². The van der Waals surface area contributed by atoms with Crippen LogP contribution in [0.1, 0.15) is 23.4 Å². The van der Waals surface area contributed by atoms with Crippen LogP contribution in [-0.4, -0.2) is 26.1 Å². The normalized spacial score (nSPS) is 11.0. The van der Waals surface area contributed by atoms with Crippen LogP contribution in [0.4, 0.5) is 10.3 Å². The summed E-state index contributed by atoms with van der Waals surface area (Å²) in [7, 11) is 0. The van der Waals surface area contributed by atoms with Gasteiger partial charge in [-0.1, -0.05) is 18.2 Å². The predicted octanol–water partition coefficient (Wildman–Crippen LogP) is 3.59. The first-order valence-corrected chi connectivity index (χ1v) is 8.67. The van der Waals surface area contributed by atoms with Crippen molar-refractivity contribution >= 4 is 22.8 Å².